The lowest BCUT2D eigenvalue weighted by Gasteiger charge is -1.98. The van der Waals surface area contributed by atoms with Crippen molar-refractivity contribution in [1.82, 2.24) is 0 Å². The molecule has 0 N–H and O–H groups in total. The Morgan fingerprint density at radius 3 is 0.500 bits per heavy atom. The normalized spacial score (nSPS) is 10.3. The molecule has 28 heavy (non-hydrogen) atoms. The SMILES string of the molecule is CCCCC(C)C.CCCCC(C)C.CCCCC(C)C.CCCCC(C)C. The molecule has 0 saturated carbocycles. The maximum Gasteiger partial charge on any atom is -0.0471 e. The van der Waals surface area contributed by atoms with Crippen LogP contribution in [0.3, 0.4) is 0 Å². The molecule has 0 heteroatoms. The van der Waals surface area contributed by atoms with Crippen LogP contribution in [0.15, 0.2) is 0 Å². The Bertz CT molecular complexity index is 164. The highest BCUT2D eigenvalue weighted by Crippen LogP contribution is 2.06. The monoisotopic (exact) mass is 401 g/mol. The summed E-state index contributed by atoms with van der Waals surface area (Å²) < 4.78 is 0. The van der Waals surface area contributed by atoms with Gasteiger partial charge in [0.05, 0.1) is 0 Å². The predicted octanol–water partition coefficient (Wildman–Crippen LogP) is 11.3. The lowest BCUT2D eigenvalue weighted by molar-refractivity contribution is 0.550. The third kappa shape index (κ3) is 63.5. The molecule has 0 aromatic rings. The molecule has 0 aromatic heterocycles. The van der Waals surface area contributed by atoms with Gasteiger partial charge in [-0.3, -0.25) is 0 Å². The number of rotatable bonds is 12. The van der Waals surface area contributed by atoms with E-state index in [4.69, 9.17) is 0 Å². The molecule has 0 aliphatic heterocycles. The van der Waals surface area contributed by atoms with Gasteiger partial charge < -0.3 is 0 Å². The maximum atomic E-state index is 2.27. The molecule has 0 nitrogen and oxygen atoms in total. The fourth-order valence-electron chi connectivity index (χ4n) is 2.45. The van der Waals surface area contributed by atoms with Gasteiger partial charge in [-0.1, -0.05) is 160 Å². The van der Waals surface area contributed by atoms with E-state index < -0.39 is 0 Å². The topological polar surface area (TPSA) is 0 Å². The van der Waals surface area contributed by atoms with Gasteiger partial charge in [0, 0.05) is 0 Å². The first-order chi connectivity index (χ1) is 13.1. The van der Waals surface area contributed by atoms with E-state index in [0.717, 1.165) is 23.7 Å². The van der Waals surface area contributed by atoms with Crippen LogP contribution in [0.2, 0.25) is 0 Å². The second-order valence-corrected chi connectivity index (χ2v) is 10.1. The second kappa shape index (κ2) is 31.7. The molecule has 0 rings (SSSR count). The standard InChI is InChI=1S/4C7H16/c4*1-4-5-6-7(2)3/h4*7H,4-6H2,1-3H3. The maximum absolute atomic E-state index is 2.27. The van der Waals surface area contributed by atoms with Crippen molar-refractivity contribution in [2.24, 2.45) is 23.7 Å². The first kappa shape index (κ1) is 35.4. The van der Waals surface area contributed by atoms with E-state index >= 15 is 0 Å². The van der Waals surface area contributed by atoms with Crippen molar-refractivity contribution in [2.75, 3.05) is 0 Å². The van der Waals surface area contributed by atoms with Gasteiger partial charge >= 0.3 is 0 Å². The lowest BCUT2D eigenvalue weighted by atomic mass is 10.1. The highest BCUT2D eigenvalue weighted by Gasteiger charge is 1.90. The van der Waals surface area contributed by atoms with Gasteiger partial charge in [-0.25, -0.2) is 0 Å². The summed E-state index contributed by atoms with van der Waals surface area (Å²) in [5.41, 5.74) is 0. The Labute approximate surface area is 184 Å². The molecule has 0 spiro atoms. The molecule has 0 unspecified atom stereocenters. The quantitative estimate of drug-likeness (QED) is 0.305. The van der Waals surface area contributed by atoms with Crippen LogP contribution in [0.5, 0.6) is 0 Å². The molecule has 0 aromatic carbocycles. The third-order valence-corrected chi connectivity index (χ3v) is 4.54. The second-order valence-electron chi connectivity index (χ2n) is 10.1. The first-order valence-corrected chi connectivity index (χ1v) is 13.1. The van der Waals surface area contributed by atoms with Gasteiger partial charge in [-0.05, 0) is 23.7 Å². The van der Waals surface area contributed by atoms with Gasteiger partial charge in [-0.15, -0.1) is 0 Å². The molecular weight excluding hydrogens is 336 g/mol. The zero-order valence-electron chi connectivity index (χ0n) is 22.8. The van der Waals surface area contributed by atoms with Crippen LogP contribution >= 0.6 is 0 Å². The predicted molar refractivity (Wildman–Crippen MR) is 137 cm³/mol. The van der Waals surface area contributed by atoms with Gasteiger partial charge in [0.1, 0.15) is 0 Å². The fraction of sp³-hybridized carbons (Fsp3) is 1.00. The van der Waals surface area contributed by atoms with E-state index in [0.29, 0.717) is 0 Å². The van der Waals surface area contributed by atoms with Crippen molar-refractivity contribution in [1.29, 1.82) is 0 Å². The van der Waals surface area contributed by atoms with E-state index in [1.807, 2.05) is 0 Å². The Morgan fingerprint density at radius 2 is 0.464 bits per heavy atom. The highest BCUT2D eigenvalue weighted by molar-refractivity contribution is 4.44. The molecule has 0 fully saturated rings. The zero-order chi connectivity index (χ0) is 22.8. The van der Waals surface area contributed by atoms with E-state index in [9.17, 15) is 0 Å². The van der Waals surface area contributed by atoms with Crippen molar-refractivity contribution < 1.29 is 0 Å². The van der Waals surface area contributed by atoms with Crippen molar-refractivity contribution >= 4 is 0 Å². The van der Waals surface area contributed by atoms with Crippen molar-refractivity contribution in [3.05, 3.63) is 0 Å². The van der Waals surface area contributed by atoms with E-state index in [-0.39, 0.29) is 0 Å². The molecule has 0 aliphatic carbocycles. The van der Waals surface area contributed by atoms with Crippen molar-refractivity contribution in [2.45, 2.75) is 160 Å². The molecule has 0 radical (unpaired) electrons. The van der Waals surface area contributed by atoms with Crippen LogP contribution in [-0.4, -0.2) is 0 Å². The third-order valence-electron chi connectivity index (χ3n) is 4.54. The highest BCUT2D eigenvalue weighted by atomic mass is 14.0. The number of hydrogen-bond donors (Lipinski definition) is 0. The van der Waals surface area contributed by atoms with Gasteiger partial charge in [0.2, 0.25) is 0 Å². The molecule has 0 aliphatic rings. The van der Waals surface area contributed by atoms with Gasteiger partial charge in [0.15, 0.2) is 0 Å². The minimum absolute atomic E-state index is 0.903. The average molecular weight is 401 g/mol. The van der Waals surface area contributed by atoms with E-state index in [2.05, 4.69) is 83.1 Å². The summed E-state index contributed by atoms with van der Waals surface area (Å²) in [6.07, 6.45) is 16.6. The Hall–Kier alpha value is 0. The Balaban J connectivity index is -0.000000137. The van der Waals surface area contributed by atoms with Crippen LogP contribution in [0, 0.1) is 23.7 Å². The number of unbranched alkanes of at least 4 members (excludes halogenated alkanes) is 4. The minimum Gasteiger partial charge on any atom is -0.0654 e. The largest absolute Gasteiger partial charge is 0.0654 e. The molecule has 0 amide bonds. The molecular formula is C28H64. The van der Waals surface area contributed by atoms with Crippen molar-refractivity contribution in [3.8, 4) is 0 Å². The van der Waals surface area contributed by atoms with Crippen LogP contribution in [0.4, 0.5) is 0 Å². The molecule has 0 bridgehead atoms. The molecule has 176 valence electrons. The summed E-state index contributed by atoms with van der Waals surface area (Å²) in [5.74, 6) is 3.61. The van der Waals surface area contributed by atoms with Gasteiger partial charge in [-0.2, -0.15) is 0 Å². The van der Waals surface area contributed by atoms with Crippen LogP contribution in [0.1, 0.15) is 160 Å². The fourth-order valence-corrected chi connectivity index (χ4v) is 2.45. The summed E-state index contributed by atoms with van der Waals surface area (Å²) in [6.45, 7) is 27.1. The van der Waals surface area contributed by atoms with E-state index in [1.165, 1.54) is 77.0 Å². The Kier molecular flexibility index (Phi) is 40.1. The first-order valence-electron chi connectivity index (χ1n) is 13.1. The van der Waals surface area contributed by atoms with Crippen molar-refractivity contribution in [3.63, 3.8) is 0 Å². The average Bonchev–Trinajstić information content (AvgIpc) is 2.62. The summed E-state index contributed by atoms with van der Waals surface area (Å²) in [6, 6.07) is 0. The summed E-state index contributed by atoms with van der Waals surface area (Å²) in [5, 5.41) is 0. The Morgan fingerprint density at radius 1 is 0.321 bits per heavy atom. The molecule has 0 saturated heterocycles. The van der Waals surface area contributed by atoms with Gasteiger partial charge in [0.25, 0.3) is 0 Å². The lowest BCUT2D eigenvalue weighted by Crippen LogP contribution is -1.83. The molecule has 0 heterocycles. The van der Waals surface area contributed by atoms with E-state index in [1.54, 1.807) is 0 Å². The molecule has 0 atom stereocenters. The van der Waals surface area contributed by atoms with Crippen LogP contribution in [-0.2, 0) is 0 Å². The summed E-state index contributed by atoms with van der Waals surface area (Å²) in [7, 11) is 0. The number of hydrogen-bond acceptors (Lipinski definition) is 0. The van der Waals surface area contributed by atoms with Crippen LogP contribution < -0.4 is 0 Å². The van der Waals surface area contributed by atoms with Crippen LogP contribution in [0.25, 0.3) is 0 Å². The minimum atomic E-state index is 0.903. The summed E-state index contributed by atoms with van der Waals surface area (Å²) >= 11 is 0. The summed E-state index contributed by atoms with van der Waals surface area (Å²) in [4.78, 5) is 0. The zero-order valence-corrected chi connectivity index (χ0v) is 22.8. The smallest absolute Gasteiger partial charge is 0.0471 e.